The van der Waals surface area contributed by atoms with Crippen molar-refractivity contribution in [3.05, 3.63) is 35.9 Å². The third kappa shape index (κ3) is 4.31. The number of aromatic nitrogens is 1. The maximum absolute atomic E-state index is 5.02. The largest absolute Gasteiger partial charge is 0.356 e. The van der Waals surface area contributed by atoms with Crippen LogP contribution in [0.15, 0.2) is 30.3 Å². The van der Waals surface area contributed by atoms with Crippen LogP contribution in [0.4, 0.5) is 5.82 Å². The van der Waals surface area contributed by atoms with Gasteiger partial charge in [0, 0.05) is 42.7 Å². The topological polar surface area (TPSA) is 31.4 Å². The minimum absolute atomic E-state index is 0.134. The quantitative estimate of drug-likeness (QED) is 0.870. The van der Waals surface area contributed by atoms with Gasteiger partial charge < -0.3 is 15.1 Å². The Kier molecular flexibility index (Phi) is 5.60. The maximum atomic E-state index is 5.02. The van der Waals surface area contributed by atoms with Gasteiger partial charge in [-0.25, -0.2) is 4.98 Å². The van der Waals surface area contributed by atoms with E-state index in [1.165, 1.54) is 36.0 Å². The fourth-order valence-corrected chi connectivity index (χ4v) is 3.32. The SMILES string of the molecule is CN(C)C(C)(C)CNCc1cc2ccccc2nc1N1CCCCC1. The zero-order chi connectivity index (χ0) is 17.9. The number of anilines is 1. The molecule has 0 aliphatic carbocycles. The van der Waals surface area contributed by atoms with Crippen molar-refractivity contribution in [3.63, 3.8) is 0 Å². The Morgan fingerprint density at radius 3 is 2.56 bits per heavy atom. The first kappa shape index (κ1) is 18.2. The molecular weight excluding hydrogens is 308 g/mol. The van der Waals surface area contributed by atoms with Gasteiger partial charge in [-0.2, -0.15) is 0 Å². The summed E-state index contributed by atoms with van der Waals surface area (Å²) in [6.45, 7) is 8.60. The number of rotatable bonds is 6. The molecule has 1 aliphatic heterocycles. The van der Waals surface area contributed by atoms with Crippen molar-refractivity contribution >= 4 is 16.7 Å². The molecule has 2 aromatic rings. The van der Waals surface area contributed by atoms with Crippen LogP contribution < -0.4 is 10.2 Å². The summed E-state index contributed by atoms with van der Waals surface area (Å²) in [7, 11) is 4.27. The lowest BCUT2D eigenvalue weighted by molar-refractivity contribution is 0.190. The standard InChI is InChI=1S/C21H32N4/c1-21(2,24(3)4)16-22-15-18-14-17-10-6-7-11-19(17)23-20(18)25-12-8-5-9-13-25/h6-7,10-11,14,22H,5,8-9,12-13,15-16H2,1-4H3. The van der Waals surface area contributed by atoms with E-state index in [1.54, 1.807) is 0 Å². The number of hydrogen-bond donors (Lipinski definition) is 1. The Hall–Kier alpha value is -1.65. The average Bonchev–Trinajstić information content (AvgIpc) is 2.61. The smallest absolute Gasteiger partial charge is 0.133 e. The predicted molar refractivity (Wildman–Crippen MR) is 107 cm³/mol. The van der Waals surface area contributed by atoms with E-state index in [0.29, 0.717) is 0 Å². The molecular formula is C21H32N4. The first-order valence-electron chi connectivity index (χ1n) is 9.49. The summed E-state index contributed by atoms with van der Waals surface area (Å²) in [5, 5.41) is 4.89. The zero-order valence-corrected chi connectivity index (χ0v) is 16.2. The van der Waals surface area contributed by atoms with Gasteiger partial charge in [0.15, 0.2) is 0 Å². The highest BCUT2D eigenvalue weighted by molar-refractivity contribution is 5.81. The van der Waals surface area contributed by atoms with E-state index >= 15 is 0 Å². The lowest BCUT2D eigenvalue weighted by Crippen LogP contribution is -2.46. The number of hydrogen-bond acceptors (Lipinski definition) is 4. The first-order chi connectivity index (χ1) is 12.0. The van der Waals surface area contributed by atoms with E-state index in [9.17, 15) is 0 Å². The Balaban J connectivity index is 1.83. The minimum atomic E-state index is 0.134. The van der Waals surface area contributed by atoms with Crippen LogP contribution in [0.5, 0.6) is 0 Å². The third-order valence-corrected chi connectivity index (χ3v) is 5.52. The number of nitrogens with one attached hydrogen (secondary N) is 1. The van der Waals surface area contributed by atoms with Gasteiger partial charge in [-0.15, -0.1) is 0 Å². The molecule has 25 heavy (non-hydrogen) atoms. The van der Waals surface area contributed by atoms with E-state index in [2.05, 4.69) is 73.4 Å². The summed E-state index contributed by atoms with van der Waals surface area (Å²) in [6.07, 6.45) is 3.89. The van der Waals surface area contributed by atoms with Crippen LogP contribution >= 0.6 is 0 Å². The second-order valence-corrected chi connectivity index (χ2v) is 8.02. The molecule has 1 aromatic carbocycles. The van der Waals surface area contributed by atoms with Gasteiger partial charge in [-0.1, -0.05) is 18.2 Å². The fraction of sp³-hybridized carbons (Fsp3) is 0.571. The number of piperidine rings is 1. The highest BCUT2D eigenvalue weighted by Crippen LogP contribution is 2.26. The lowest BCUT2D eigenvalue weighted by Gasteiger charge is -2.33. The van der Waals surface area contributed by atoms with Gasteiger partial charge in [0.25, 0.3) is 0 Å². The summed E-state index contributed by atoms with van der Waals surface area (Å²) < 4.78 is 0. The van der Waals surface area contributed by atoms with Gasteiger partial charge in [0.1, 0.15) is 5.82 Å². The molecule has 1 aliphatic rings. The van der Waals surface area contributed by atoms with Gasteiger partial charge in [-0.05, 0) is 59.3 Å². The molecule has 0 bridgehead atoms. The van der Waals surface area contributed by atoms with Crippen LogP contribution in [-0.2, 0) is 6.54 Å². The molecule has 4 heteroatoms. The van der Waals surface area contributed by atoms with Crippen molar-refractivity contribution in [2.45, 2.75) is 45.2 Å². The lowest BCUT2D eigenvalue weighted by atomic mass is 10.0. The number of nitrogens with zero attached hydrogens (tertiary/aromatic N) is 3. The van der Waals surface area contributed by atoms with Crippen molar-refractivity contribution in [2.75, 3.05) is 38.6 Å². The average molecular weight is 341 g/mol. The van der Waals surface area contributed by atoms with Crippen molar-refractivity contribution in [1.29, 1.82) is 0 Å². The molecule has 4 nitrogen and oxygen atoms in total. The predicted octanol–water partition coefficient (Wildman–Crippen LogP) is 3.65. The molecule has 2 heterocycles. The van der Waals surface area contributed by atoms with Crippen molar-refractivity contribution in [3.8, 4) is 0 Å². The van der Waals surface area contributed by atoms with E-state index in [1.807, 2.05) is 0 Å². The third-order valence-electron chi connectivity index (χ3n) is 5.52. The molecule has 0 saturated carbocycles. The fourth-order valence-electron chi connectivity index (χ4n) is 3.32. The monoisotopic (exact) mass is 340 g/mol. The van der Waals surface area contributed by atoms with Crippen LogP contribution in [0.2, 0.25) is 0 Å². The molecule has 3 rings (SSSR count). The van der Waals surface area contributed by atoms with Crippen LogP contribution in [0, 0.1) is 0 Å². The maximum Gasteiger partial charge on any atom is 0.133 e. The first-order valence-corrected chi connectivity index (χ1v) is 9.49. The van der Waals surface area contributed by atoms with Crippen molar-refractivity contribution in [2.24, 2.45) is 0 Å². The number of fused-ring (bicyclic) bond motifs is 1. The van der Waals surface area contributed by atoms with E-state index < -0.39 is 0 Å². The normalized spacial score (nSPS) is 16.0. The molecule has 0 spiro atoms. The molecule has 1 aromatic heterocycles. The molecule has 1 saturated heterocycles. The van der Waals surface area contributed by atoms with Crippen molar-refractivity contribution < 1.29 is 0 Å². The number of benzene rings is 1. The zero-order valence-electron chi connectivity index (χ0n) is 16.2. The highest BCUT2D eigenvalue weighted by Gasteiger charge is 2.21. The molecule has 1 fully saturated rings. The molecule has 136 valence electrons. The molecule has 0 unspecified atom stereocenters. The van der Waals surface area contributed by atoms with Gasteiger partial charge >= 0.3 is 0 Å². The summed E-state index contributed by atoms with van der Waals surface area (Å²) >= 11 is 0. The number of para-hydroxylation sites is 1. The molecule has 1 N–H and O–H groups in total. The number of likely N-dealkylation sites (N-methyl/N-ethyl adjacent to an activating group) is 1. The summed E-state index contributed by atoms with van der Waals surface area (Å²) in [6, 6.07) is 10.8. The van der Waals surface area contributed by atoms with Crippen LogP contribution in [-0.4, -0.2) is 49.2 Å². The Morgan fingerprint density at radius 2 is 1.84 bits per heavy atom. The highest BCUT2D eigenvalue weighted by atomic mass is 15.2. The van der Waals surface area contributed by atoms with E-state index in [-0.39, 0.29) is 5.54 Å². The Labute approximate surface area is 152 Å². The summed E-state index contributed by atoms with van der Waals surface area (Å²) in [5.41, 5.74) is 2.55. The van der Waals surface area contributed by atoms with Crippen molar-refractivity contribution in [1.82, 2.24) is 15.2 Å². The van der Waals surface area contributed by atoms with Crippen LogP contribution in [0.25, 0.3) is 10.9 Å². The summed E-state index contributed by atoms with van der Waals surface area (Å²) in [5.74, 6) is 1.17. The molecule has 0 atom stereocenters. The van der Waals surface area contributed by atoms with Crippen LogP contribution in [0.1, 0.15) is 38.7 Å². The summed E-state index contributed by atoms with van der Waals surface area (Å²) in [4.78, 5) is 9.77. The molecule has 0 amide bonds. The second-order valence-electron chi connectivity index (χ2n) is 8.02. The second kappa shape index (κ2) is 7.71. The van der Waals surface area contributed by atoms with Gasteiger partial charge in [0.2, 0.25) is 0 Å². The molecule has 0 radical (unpaired) electrons. The number of pyridine rings is 1. The van der Waals surface area contributed by atoms with Gasteiger partial charge in [0.05, 0.1) is 5.52 Å². The van der Waals surface area contributed by atoms with Crippen LogP contribution in [0.3, 0.4) is 0 Å². The van der Waals surface area contributed by atoms with Gasteiger partial charge in [-0.3, -0.25) is 0 Å². The van der Waals surface area contributed by atoms with E-state index in [0.717, 1.165) is 31.7 Å². The Bertz CT molecular complexity index is 702. The van der Waals surface area contributed by atoms with E-state index in [4.69, 9.17) is 4.98 Å². The Morgan fingerprint density at radius 1 is 1.12 bits per heavy atom. The minimum Gasteiger partial charge on any atom is -0.356 e.